The maximum atomic E-state index is 13.0. The predicted molar refractivity (Wildman–Crippen MR) is 111 cm³/mol. The molecule has 154 valence electrons. The lowest BCUT2D eigenvalue weighted by Gasteiger charge is -2.14. The van der Waals surface area contributed by atoms with E-state index in [2.05, 4.69) is 12.2 Å². The van der Waals surface area contributed by atoms with E-state index in [4.69, 9.17) is 25.8 Å². The maximum absolute atomic E-state index is 13.0. The number of benzene rings is 2. The highest BCUT2D eigenvalue weighted by Gasteiger charge is 2.11. The van der Waals surface area contributed by atoms with Gasteiger partial charge in [-0.25, -0.2) is 4.39 Å². The minimum atomic E-state index is -0.270. The first-order chi connectivity index (χ1) is 13.6. The molecular weight excluding hydrogens is 381 g/mol. The van der Waals surface area contributed by atoms with Gasteiger partial charge in [-0.05, 0) is 48.7 Å². The first-order valence-electron chi connectivity index (χ1n) is 9.66. The average Bonchev–Trinajstić information content (AvgIpc) is 2.70. The fourth-order valence-electron chi connectivity index (χ4n) is 2.60. The lowest BCUT2D eigenvalue weighted by molar-refractivity contribution is 0.129. The van der Waals surface area contributed by atoms with Crippen molar-refractivity contribution in [3.05, 3.63) is 58.4 Å². The summed E-state index contributed by atoms with van der Waals surface area (Å²) in [6, 6.07) is 9.84. The van der Waals surface area contributed by atoms with E-state index in [-0.39, 0.29) is 5.82 Å². The van der Waals surface area contributed by atoms with E-state index < -0.39 is 0 Å². The van der Waals surface area contributed by atoms with E-state index in [9.17, 15) is 4.39 Å². The predicted octanol–water partition coefficient (Wildman–Crippen LogP) is 5.36. The van der Waals surface area contributed by atoms with Crippen LogP contribution in [0.5, 0.6) is 11.5 Å². The van der Waals surface area contributed by atoms with Crippen molar-refractivity contribution in [1.29, 1.82) is 0 Å². The standard InChI is InChI=1S/C22H29ClFNO3/c1-3-4-11-27-12-5-10-25-15-18-13-21(26-2)22(14-20(18)23)28-16-17-6-8-19(24)9-7-17/h6-9,13-14,25H,3-5,10-12,15-16H2,1-2H3. The molecule has 6 heteroatoms. The Morgan fingerprint density at radius 2 is 1.79 bits per heavy atom. The van der Waals surface area contributed by atoms with Gasteiger partial charge in [0.1, 0.15) is 12.4 Å². The summed E-state index contributed by atoms with van der Waals surface area (Å²) >= 11 is 6.41. The van der Waals surface area contributed by atoms with Crippen LogP contribution in [0.15, 0.2) is 36.4 Å². The first kappa shape index (κ1) is 22.5. The van der Waals surface area contributed by atoms with Crippen LogP contribution in [0.25, 0.3) is 0 Å². The monoisotopic (exact) mass is 409 g/mol. The third kappa shape index (κ3) is 7.66. The molecule has 0 amide bonds. The van der Waals surface area contributed by atoms with Crippen LogP contribution in [-0.2, 0) is 17.9 Å². The molecule has 0 bridgehead atoms. The summed E-state index contributed by atoms with van der Waals surface area (Å²) in [5.74, 6) is 0.907. The molecule has 0 radical (unpaired) electrons. The average molecular weight is 410 g/mol. The third-order valence-corrected chi connectivity index (χ3v) is 4.59. The quantitative estimate of drug-likeness (QED) is 0.452. The van der Waals surface area contributed by atoms with E-state index >= 15 is 0 Å². The van der Waals surface area contributed by atoms with Crippen molar-refractivity contribution >= 4 is 11.6 Å². The molecule has 0 spiro atoms. The highest BCUT2D eigenvalue weighted by molar-refractivity contribution is 6.31. The van der Waals surface area contributed by atoms with Gasteiger partial charge >= 0.3 is 0 Å². The molecule has 2 aromatic carbocycles. The molecule has 1 N–H and O–H groups in total. The maximum Gasteiger partial charge on any atom is 0.163 e. The molecule has 2 rings (SSSR count). The second-order valence-electron chi connectivity index (χ2n) is 6.51. The number of rotatable bonds is 13. The summed E-state index contributed by atoms with van der Waals surface area (Å²) in [6.07, 6.45) is 3.22. The molecule has 0 atom stereocenters. The van der Waals surface area contributed by atoms with Gasteiger partial charge < -0.3 is 19.5 Å². The van der Waals surface area contributed by atoms with Crippen LogP contribution in [-0.4, -0.2) is 26.9 Å². The van der Waals surface area contributed by atoms with Gasteiger partial charge in [0.2, 0.25) is 0 Å². The highest BCUT2D eigenvalue weighted by Crippen LogP contribution is 2.34. The fourth-order valence-corrected chi connectivity index (χ4v) is 2.82. The third-order valence-electron chi connectivity index (χ3n) is 4.24. The van der Waals surface area contributed by atoms with Gasteiger partial charge in [-0.15, -0.1) is 0 Å². The van der Waals surface area contributed by atoms with Crippen molar-refractivity contribution in [3.63, 3.8) is 0 Å². The van der Waals surface area contributed by atoms with Gasteiger partial charge in [0.05, 0.1) is 7.11 Å². The molecule has 0 saturated carbocycles. The topological polar surface area (TPSA) is 39.7 Å². The minimum Gasteiger partial charge on any atom is -0.493 e. The van der Waals surface area contributed by atoms with Gasteiger partial charge in [0.15, 0.2) is 11.5 Å². The molecule has 2 aromatic rings. The van der Waals surface area contributed by atoms with Crippen molar-refractivity contribution in [1.82, 2.24) is 5.32 Å². The fraction of sp³-hybridized carbons (Fsp3) is 0.455. The summed E-state index contributed by atoms with van der Waals surface area (Å²) in [5.41, 5.74) is 1.81. The van der Waals surface area contributed by atoms with Crippen molar-refractivity contribution < 1.29 is 18.6 Å². The van der Waals surface area contributed by atoms with Crippen LogP contribution in [0, 0.1) is 5.82 Å². The van der Waals surface area contributed by atoms with Crippen LogP contribution < -0.4 is 14.8 Å². The van der Waals surface area contributed by atoms with Crippen LogP contribution in [0.4, 0.5) is 4.39 Å². The Kier molecular flexibility index (Phi) is 10.1. The van der Waals surface area contributed by atoms with Crippen molar-refractivity contribution in [2.24, 2.45) is 0 Å². The molecule has 0 heterocycles. The van der Waals surface area contributed by atoms with E-state index in [1.165, 1.54) is 12.1 Å². The summed E-state index contributed by atoms with van der Waals surface area (Å²) in [6.45, 7) is 5.56. The Hall–Kier alpha value is -1.82. The second-order valence-corrected chi connectivity index (χ2v) is 6.91. The largest absolute Gasteiger partial charge is 0.493 e. The first-order valence-corrected chi connectivity index (χ1v) is 10.0. The van der Waals surface area contributed by atoms with E-state index in [0.717, 1.165) is 50.1 Å². The lowest BCUT2D eigenvalue weighted by atomic mass is 10.2. The zero-order chi connectivity index (χ0) is 20.2. The van der Waals surface area contributed by atoms with Gasteiger partial charge in [0, 0.05) is 30.8 Å². The van der Waals surface area contributed by atoms with Crippen LogP contribution in [0.3, 0.4) is 0 Å². The second kappa shape index (κ2) is 12.6. The Balaban J connectivity index is 1.83. The van der Waals surface area contributed by atoms with Crippen LogP contribution >= 0.6 is 11.6 Å². The molecule has 4 nitrogen and oxygen atoms in total. The minimum absolute atomic E-state index is 0.270. The summed E-state index contributed by atoms with van der Waals surface area (Å²) < 4.78 is 29.8. The van der Waals surface area contributed by atoms with Gasteiger partial charge in [-0.3, -0.25) is 0 Å². The molecule has 0 fully saturated rings. The number of nitrogens with one attached hydrogen (secondary N) is 1. The number of halogens is 2. The molecule has 0 aliphatic carbocycles. The van der Waals surface area contributed by atoms with Crippen molar-refractivity contribution in [2.75, 3.05) is 26.9 Å². The SMILES string of the molecule is CCCCOCCCNCc1cc(OC)c(OCc2ccc(F)cc2)cc1Cl. The van der Waals surface area contributed by atoms with Crippen LogP contribution in [0.2, 0.25) is 5.02 Å². The zero-order valence-electron chi connectivity index (χ0n) is 16.6. The zero-order valence-corrected chi connectivity index (χ0v) is 17.4. The Labute approximate surface area is 171 Å². The molecular formula is C22H29ClFNO3. The van der Waals surface area contributed by atoms with Gasteiger partial charge in [-0.2, -0.15) is 0 Å². The molecule has 0 saturated heterocycles. The number of ether oxygens (including phenoxy) is 3. The Morgan fingerprint density at radius 1 is 1.04 bits per heavy atom. The van der Waals surface area contributed by atoms with E-state index in [1.54, 1.807) is 25.3 Å². The van der Waals surface area contributed by atoms with Crippen molar-refractivity contribution in [2.45, 2.75) is 39.3 Å². The number of hydrogen-bond donors (Lipinski definition) is 1. The molecule has 0 aromatic heterocycles. The smallest absolute Gasteiger partial charge is 0.163 e. The lowest BCUT2D eigenvalue weighted by Crippen LogP contribution is -2.17. The number of methoxy groups -OCH3 is 1. The highest BCUT2D eigenvalue weighted by atomic mass is 35.5. The Morgan fingerprint density at radius 3 is 2.50 bits per heavy atom. The van der Waals surface area contributed by atoms with Gasteiger partial charge in [0.25, 0.3) is 0 Å². The molecule has 0 aliphatic rings. The number of unbranched alkanes of at least 4 members (excludes halogenated alkanes) is 1. The summed E-state index contributed by atoms with van der Waals surface area (Å²) in [5, 5.41) is 3.98. The number of hydrogen-bond acceptors (Lipinski definition) is 4. The molecule has 0 unspecified atom stereocenters. The van der Waals surface area contributed by atoms with E-state index in [1.807, 2.05) is 6.07 Å². The molecule has 28 heavy (non-hydrogen) atoms. The van der Waals surface area contributed by atoms with E-state index in [0.29, 0.717) is 29.7 Å². The summed E-state index contributed by atoms with van der Waals surface area (Å²) in [7, 11) is 1.60. The van der Waals surface area contributed by atoms with Gasteiger partial charge in [-0.1, -0.05) is 37.1 Å². The summed E-state index contributed by atoms with van der Waals surface area (Å²) in [4.78, 5) is 0. The molecule has 0 aliphatic heterocycles. The normalized spacial score (nSPS) is 10.9. The van der Waals surface area contributed by atoms with Crippen LogP contribution in [0.1, 0.15) is 37.3 Å². The van der Waals surface area contributed by atoms with Crippen molar-refractivity contribution in [3.8, 4) is 11.5 Å². The Bertz CT molecular complexity index is 710.